The number of oxazole rings is 1. The molecule has 5 heteroatoms. The monoisotopic (exact) mass is 304 g/mol. The van der Waals surface area contributed by atoms with E-state index in [9.17, 15) is 0 Å². The van der Waals surface area contributed by atoms with Gasteiger partial charge in [-0.05, 0) is 30.0 Å². The standard InChI is InChI=1S/C15H16N2OS2/c1-2-10(16)14(13-8-5-9-19-13)20-15-17-11-6-3-4-7-12(11)18-15/h3-10,14H,2,16H2,1H3. The van der Waals surface area contributed by atoms with E-state index in [-0.39, 0.29) is 11.3 Å². The molecule has 0 amide bonds. The smallest absolute Gasteiger partial charge is 0.257 e. The van der Waals surface area contributed by atoms with Gasteiger partial charge in [-0.15, -0.1) is 11.3 Å². The lowest BCUT2D eigenvalue weighted by molar-refractivity contribution is 0.486. The Balaban J connectivity index is 1.89. The van der Waals surface area contributed by atoms with Crippen molar-refractivity contribution in [2.24, 2.45) is 5.73 Å². The van der Waals surface area contributed by atoms with Gasteiger partial charge in [0.1, 0.15) is 5.52 Å². The number of para-hydroxylation sites is 2. The minimum absolute atomic E-state index is 0.0914. The molecule has 2 heterocycles. The highest BCUT2D eigenvalue weighted by Crippen LogP contribution is 2.40. The summed E-state index contributed by atoms with van der Waals surface area (Å²) >= 11 is 3.34. The predicted molar refractivity (Wildman–Crippen MR) is 85.2 cm³/mol. The average Bonchev–Trinajstić information content (AvgIpc) is 3.12. The van der Waals surface area contributed by atoms with E-state index >= 15 is 0 Å². The maximum atomic E-state index is 6.27. The van der Waals surface area contributed by atoms with E-state index in [1.165, 1.54) is 4.88 Å². The molecule has 0 spiro atoms. The molecule has 0 fully saturated rings. The average molecular weight is 304 g/mol. The molecule has 1 aromatic carbocycles. The Morgan fingerprint density at radius 3 is 2.85 bits per heavy atom. The van der Waals surface area contributed by atoms with Crippen LogP contribution in [0.4, 0.5) is 0 Å². The van der Waals surface area contributed by atoms with Crippen LogP contribution < -0.4 is 5.73 Å². The Morgan fingerprint density at radius 1 is 1.30 bits per heavy atom. The van der Waals surface area contributed by atoms with Crippen LogP contribution in [0.5, 0.6) is 0 Å². The van der Waals surface area contributed by atoms with E-state index in [4.69, 9.17) is 10.2 Å². The van der Waals surface area contributed by atoms with Crippen molar-refractivity contribution in [2.45, 2.75) is 29.9 Å². The lowest BCUT2D eigenvalue weighted by atomic mass is 10.1. The maximum Gasteiger partial charge on any atom is 0.257 e. The van der Waals surface area contributed by atoms with Crippen molar-refractivity contribution in [2.75, 3.05) is 0 Å². The summed E-state index contributed by atoms with van der Waals surface area (Å²) in [5.74, 6) is 0. The normalized spacial score (nSPS) is 14.5. The van der Waals surface area contributed by atoms with Gasteiger partial charge in [0.15, 0.2) is 5.58 Å². The molecule has 0 aliphatic rings. The van der Waals surface area contributed by atoms with Crippen molar-refractivity contribution in [3.63, 3.8) is 0 Å². The molecule has 2 atom stereocenters. The zero-order valence-electron chi connectivity index (χ0n) is 11.2. The van der Waals surface area contributed by atoms with Crippen molar-refractivity contribution in [1.82, 2.24) is 4.98 Å². The van der Waals surface area contributed by atoms with Crippen LogP contribution >= 0.6 is 23.1 Å². The van der Waals surface area contributed by atoms with E-state index in [2.05, 4.69) is 29.4 Å². The molecule has 0 aliphatic heterocycles. The van der Waals surface area contributed by atoms with Crippen LogP contribution in [0.1, 0.15) is 23.5 Å². The van der Waals surface area contributed by atoms with Gasteiger partial charge in [0.2, 0.25) is 0 Å². The third-order valence-electron chi connectivity index (χ3n) is 3.19. The zero-order chi connectivity index (χ0) is 13.9. The lowest BCUT2D eigenvalue weighted by Crippen LogP contribution is -2.25. The highest BCUT2D eigenvalue weighted by molar-refractivity contribution is 7.99. The number of fused-ring (bicyclic) bond motifs is 1. The lowest BCUT2D eigenvalue weighted by Gasteiger charge is -2.19. The van der Waals surface area contributed by atoms with Crippen LogP contribution in [-0.4, -0.2) is 11.0 Å². The largest absolute Gasteiger partial charge is 0.431 e. The summed E-state index contributed by atoms with van der Waals surface area (Å²) in [4.78, 5) is 5.79. The van der Waals surface area contributed by atoms with Crippen molar-refractivity contribution >= 4 is 34.2 Å². The summed E-state index contributed by atoms with van der Waals surface area (Å²) < 4.78 is 5.79. The van der Waals surface area contributed by atoms with Gasteiger partial charge in [-0.2, -0.15) is 0 Å². The third-order valence-corrected chi connectivity index (χ3v) is 5.52. The Bertz CT molecular complexity index is 645. The van der Waals surface area contributed by atoms with Crippen LogP contribution in [0, 0.1) is 0 Å². The number of thioether (sulfide) groups is 1. The molecule has 104 valence electrons. The fraction of sp³-hybridized carbons (Fsp3) is 0.267. The quantitative estimate of drug-likeness (QED) is 0.707. The Labute approximate surface area is 126 Å². The molecule has 3 aromatic rings. The first-order valence-electron chi connectivity index (χ1n) is 6.59. The van der Waals surface area contributed by atoms with E-state index < -0.39 is 0 Å². The third kappa shape index (κ3) is 2.75. The number of nitrogens with two attached hydrogens (primary N) is 1. The van der Waals surface area contributed by atoms with Gasteiger partial charge < -0.3 is 10.2 Å². The topological polar surface area (TPSA) is 52.0 Å². The second kappa shape index (κ2) is 5.99. The molecule has 20 heavy (non-hydrogen) atoms. The van der Waals surface area contributed by atoms with E-state index in [1.807, 2.05) is 24.3 Å². The summed E-state index contributed by atoms with van der Waals surface area (Å²) in [6.45, 7) is 2.11. The SMILES string of the molecule is CCC(N)C(Sc1nc2ccccc2o1)c1cccs1. The number of nitrogens with zero attached hydrogens (tertiary/aromatic N) is 1. The predicted octanol–water partition coefficient (Wildman–Crippen LogP) is 4.46. The molecule has 3 nitrogen and oxygen atoms in total. The highest BCUT2D eigenvalue weighted by Gasteiger charge is 2.23. The first kappa shape index (κ1) is 13.7. The van der Waals surface area contributed by atoms with Crippen LogP contribution in [0.3, 0.4) is 0 Å². The summed E-state index contributed by atoms with van der Waals surface area (Å²) in [7, 11) is 0. The maximum absolute atomic E-state index is 6.27. The number of rotatable bonds is 5. The molecule has 0 bridgehead atoms. The van der Waals surface area contributed by atoms with Crippen molar-refractivity contribution in [1.29, 1.82) is 0 Å². The van der Waals surface area contributed by atoms with E-state index in [1.54, 1.807) is 23.1 Å². The van der Waals surface area contributed by atoms with Gasteiger partial charge in [0.05, 0.1) is 5.25 Å². The molecule has 3 rings (SSSR count). The van der Waals surface area contributed by atoms with Gasteiger partial charge in [-0.1, -0.05) is 36.9 Å². The number of hydrogen-bond donors (Lipinski definition) is 1. The second-order valence-electron chi connectivity index (χ2n) is 4.57. The summed E-state index contributed by atoms with van der Waals surface area (Å²) in [6, 6.07) is 12.1. The van der Waals surface area contributed by atoms with Crippen molar-refractivity contribution in [3.05, 3.63) is 46.7 Å². The van der Waals surface area contributed by atoms with Crippen molar-refractivity contribution < 1.29 is 4.42 Å². The molecular weight excluding hydrogens is 288 g/mol. The number of hydrogen-bond acceptors (Lipinski definition) is 5. The summed E-state index contributed by atoms with van der Waals surface area (Å²) in [5.41, 5.74) is 7.98. The molecule has 0 radical (unpaired) electrons. The van der Waals surface area contributed by atoms with Gasteiger partial charge in [0.25, 0.3) is 5.22 Å². The molecule has 2 aromatic heterocycles. The molecule has 0 saturated heterocycles. The van der Waals surface area contributed by atoms with Crippen LogP contribution in [0.15, 0.2) is 51.4 Å². The molecule has 0 saturated carbocycles. The molecule has 2 unspecified atom stereocenters. The van der Waals surface area contributed by atoms with Crippen molar-refractivity contribution in [3.8, 4) is 0 Å². The van der Waals surface area contributed by atoms with Gasteiger partial charge in [-0.25, -0.2) is 4.98 Å². The fourth-order valence-corrected chi connectivity index (χ4v) is 4.19. The summed E-state index contributed by atoms with van der Waals surface area (Å²) in [6.07, 6.45) is 0.926. The van der Waals surface area contributed by atoms with Crippen LogP contribution in [-0.2, 0) is 0 Å². The fourth-order valence-electron chi connectivity index (χ4n) is 2.03. The summed E-state index contributed by atoms with van der Waals surface area (Å²) in [5, 5.41) is 2.96. The van der Waals surface area contributed by atoms with E-state index in [0.29, 0.717) is 5.22 Å². The van der Waals surface area contributed by atoms with E-state index in [0.717, 1.165) is 17.5 Å². The first-order valence-corrected chi connectivity index (χ1v) is 8.35. The molecular formula is C15H16N2OS2. The van der Waals surface area contributed by atoms with Gasteiger partial charge in [-0.3, -0.25) is 0 Å². The highest BCUT2D eigenvalue weighted by atomic mass is 32.2. The number of aromatic nitrogens is 1. The second-order valence-corrected chi connectivity index (χ2v) is 6.65. The van der Waals surface area contributed by atoms with Gasteiger partial charge >= 0.3 is 0 Å². The molecule has 2 N–H and O–H groups in total. The van der Waals surface area contributed by atoms with Crippen LogP contribution in [0.2, 0.25) is 0 Å². The van der Waals surface area contributed by atoms with Gasteiger partial charge in [0, 0.05) is 10.9 Å². The number of thiophene rings is 1. The minimum Gasteiger partial charge on any atom is -0.431 e. The number of benzene rings is 1. The minimum atomic E-state index is 0.0914. The first-order chi connectivity index (χ1) is 9.78. The van der Waals surface area contributed by atoms with Crippen LogP contribution in [0.25, 0.3) is 11.1 Å². The molecule has 0 aliphatic carbocycles. The Morgan fingerprint density at radius 2 is 2.15 bits per heavy atom. The zero-order valence-corrected chi connectivity index (χ0v) is 12.8. The Hall–Kier alpha value is -1.30. The Kier molecular flexibility index (Phi) is 4.10.